The molecule has 0 bridgehead atoms. The van der Waals surface area contributed by atoms with E-state index < -0.39 is 6.10 Å². The summed E-state index contributed by atoms with van der Waals surface area (Å²) in [7, 11) is 1.55. The molecule has 0 aromatic rings. The van der Waals surface area contributed by atoms with Gasteiger partial charge in [0.2, 0.25) is 0 Å². The van der Waals surface area contributed by atoms with E-state index in [1.54, 1.807) is 7.11 Å². The largest absolute Gasteiger partial charge is 0.359 e. The number of carbonyl (C=O) groups excluding carboxylic acids is 1. The molecule has 0 aromatic heterocycles. The minimum Gasteiger partial charge on any atom is -0.359 e. The number of hydrogen-bond acceptors (Lipinski definition) is 3. The van der Waals surface area contributed by atoms with Crippen LogP contribution < -0.4 is 0 Å². The first-order valence-electron chi connectivity index (χ1n) is 5.04. The van der Waals surface area contributed by atoms with Crippen LogP contribution in [0.15, 0.2) is 23.8 Å². The molecule has 0 N–H and O–H groups in total. The van der Waals surface area contributed by atoms with Gasteiger partial charge in [0.25, 0.3) is 0 Å². The molecule has 0 saturated heterocycles. The maximum Gasteiger partial charge on any atom is 0.187 e. The molecule has 0 spiro atoms. The molecule has 1 aliphatic rings. The molecular formula is C12H18O3. The molecule has 2 atom stereocenters. The van der Waals surface area contributed by atoms with Crippen LogP contribution in [0.4, 0.5) is 0 Å². The Morgan fingerprint density at radius 3 is 2.87 bits per heavy atom. The second-order valence-electron chi connectivity index (χ2n) is 3.93. The van der Waals surface area contributed by atoms with Crippen LogP contribution in [0.3, 0.4) is 0 Å². The van der Waals surface area contributed by atoms with Crippen LogP contribution in [0, 0.1) is 5.92 Å². The third-order valence-electron chi connectivity index (χ3n) is 2.69. The van der Waals surface area contributed by atoms with Crippen molar-refractivity contribution in [2.45, 2.75) is 26.4 Å². The van der Waals surface area contributed by atoms with Crippen molar-refractivity contribution in [2.24, 2.45) is 5.92 Å². The van der Waals surface area contributed by atoms with Gasteiger partial charge in [0, 0.05) is 13.0 Å². The third kappa shape index (κ3) is 2.76. The van der Waals surface area contributed by atoms with Gasteiger partial charge >= 0.3 is 0 Å². The summed E-state index contributed by atoms with van der Waals surface area (Å²) in [6.07, 6.45) is 2.35. The van der Waals surface area contributed by atoms with Gasteiger partial charge in [0.15, 0.2) is 5.78 Å². The van der Waals surface area contributed by atoms with Gasteiger partial charge in [-0.25, -0.2) is 0 Å². The first-order chi connectivity index (χ1) is 7.07. The SMILES string of the molecule is C=C(C)[C@H]1CC=C(C)C(=O)C1OCOC. The molecular weight excluding hydrogens is 192 g/mol. The number of rotatable bonds is 4. The first kappa shape index (κ1) is 12.1. The van der Waals surface area contributed by atoms with Crippen LogP contribution in [0.25, 0.3) is 0 Å². The highest BCUT2D eigenvalue weighted by Gasteiger charge is 2.33. The zero-order valence-electron chi connectivity index (χ0n) is 9.58. The molecule has 15 heavy (non-hydrogen) atoms. The Bertz CT molecular complexity index is 291. The van der Waals surface area contributed by atoms with E-state index >= 15 is 0 Å². The second kappa shape index (κ2) is 5.24. The summed E-state index contributed by atoms with van der Waals surface area (Å²) in [4.78, 5) is 11.9. The molecule has 3 nitrogen and oxygen atoms in total. The number of allylic oxidation sites excluding steroid dienone is 1. The van der Waals surface area contributed by atoms with Gasteiger partial charge in [-0.2, -0.15) is 0 Å². The van der Waals surface area contributed by atoms with Gasteiger partial charge in [-0.05, 0) is 25.8 Å². The lowest BCUT2D eigenvalue weighted by atomic mass is 9.82. The molecule has 0 radical (unpaired) electrons. The zero-order chi connectivity index (χ0) is 11.4. The smallest absolute Gasteiger partial charge is 0.187 e. The van der Waals surface area contributed by atoms with E-state index in [9.17, 15) is 4.79 Å². The van der Waals surface area contributed by atoms with Crippen LogP contribution in [0.1, 0.15) is 20.3 Å². The highest BCUT2D eigenvalue weighted by atomic mass is 16.7. The van der Waals surface area contributed by atoms with Crippen molar-refractivity contribution in [2.75, 3.05) is 13.9 Å². The third-order valence-corrected chi connectivity index (χ3v) is 2.69. The van der Waals surface area contributed by atoms with E-state index in [0.717, 1.165) is 17.6 Å². The van der Waals surface area contributed by atoms with Crippen molar-refractivity contribution in [3.05, 3.63) is 23.8 Å². The molecule has 1 rings (SSSR count). The quantitative estimate of drug-likeness (QED) is 0.526. The molecule has 1 unspecified atom stereocenters. The summed E-state index contributed by atoms with van der Waals surface area (Å²) in [5, 5.41) is 0. The lowest BCUT2D eigenvalue weighted by Gasteiger charge is -2.29. The van der Waals surface area contributed by atoms with Crippen molar-refractivity contribution in [1.29, 1.82) is 0 Å². The van der Waals surface area contributed by atoms with Crippen LogP contribution in [0.5, 0.6) is 0 Å². The maximum atomic E-state index is 11.9. The van der Waals surface area contributed by atoms with Crippen LogP contribution in [-0.4, -0.2) is 25.8 Å². The molecule has 0 aliphatic heterocycles. The van der Waals surface area contributed by atoms with Crippen molar-refractivity contribution < 1.29 is 14.3 Å². The highest BCUT2D eigenvalue weighted by molar-refractivity contribution is 5.99. The molecule has 1 aliphatic carbocycles. The van der Waals surface area contributed by atoms with E-state index in [1.165, 1.54) is 0 Å². The Kier molecular flexibility index (Phi) is 4.24. The molecule has 3 heteroatoms. The Labute approximate surface area is 90.8 Å². The zero-order valence-corrected chi connectivity index (χ0v) is 9.58. The lowest BCUT2D eigenvalue weighted by molar-refractivity contribution is -0.141. The number of Topliss-reactive ketones (excluding diaryl/α,β-unsaturated/α-hetero) is 1. The average molecular weight is 210 g/mol. The Balaban J connectivity index is 2.79. The van der Waals surface area contributed by atoms with Crippen LogP contribution >= 0.6 is 0 Å². The summed E-state index contributed by atoms with van der Waals surface area (Å²) < 4.78 is 10.2. The monoisotopic (exact) mass is 210 g/mol. The number of hydrogen-bond donors (Lipinski definition) is 0. The van der Waals surface area contributed by atoms with E-state index in [0.29, 0.717) is 0 Å². The average Bonchev–Trinajstić information content (AvgIpc) is 2.19. The standard InChI is InChI=1S/C12H18O3/c1-8(2)10-6-5-9(3)11(13)12(10)15-7-14-4/h5,10,12H,1,6-7H2,2-4H3/t10-,12?/m1/s1. The predicted octanol–water partition coefficient (Wildman–Crippen LogP) is 2.09. The second-order valence-corrected chi connectivity index (χ2v) is 3.93. The van der Waals surface area contributed by atoms with Gasteiger partial charge in [-0.1, -0.05) is 18.2 Å². The summed E-state index contributed by atoms with van der Waals surface area (Å²) in [6.45, 7) is 7.79. The van der Waals surface area contributed by atoms with E-state index in [1.807, 2.05) is 19.9 Å². The minimum absolute atomic E-state index is 0.0475. The highest BCUT2D eigenvalue weighted by Crippen LogP contribution is 2.28. The van der Waals surface area contributed by atoms with Crippen molar-refractivity contribution in [3.8, 4) is 0 Å². The molecule has 84 valence electrons. The topological polar surface area (TPSA) is 35.5 Å². The molecule has 0 aromatic carbocycles. The molecule has 0 fully saturated rings. The van der Waals surface area contributed by atoms with E-state index in [4.69, 9.17) is 9.47 Å². The predicted molar refractivity (Wildman–Crippen MR) is 58.4 cm³/mol. The summed E-state index contributed by atoms with van der Waals surface area (Å²) >= 11 is 0. The minimum atomic E-state index is -0.424. The summed E-state index contributed by atoms with van der Waals surface area (Å²) in [6, 6.07) is 0. The molecule has 0 amide bonds. The fourth-order valence-corrected chi connectivity index (χ4v) is 1.73. The Morgan fingerprint density at radius 1 is 1.67 bits per heavy atom. The summed E-state index contributed by atoms with van der Waals surface area (Å²) in [5.41, 5.74) is 1.75. The van der Waals surface area contributed by atoms with Gasteiger partial charge < -0.3 is 9.47 Å². The lowest BCUT2D eigenvalue weighted by Crippen LogP contribution is -2.36. The van der Waals surface area contributed by atoms with Gasteiger partial charge in [0.05, 0.1) is 0 Å². The van der Waals surface area contributed by atoms with E-state index in [-0.39, 0.29) is 18.5 Å². The number of carbonyl (C=O) groups is 1. The number of ether oxygens (including phenoxy) is 2. The van der Waals surface area contributed by atoms with Crippen molar-refractivity contribution in [1.82, 2.24) is 0 Å². The van der Waals surface area contributed by atoms with Crippen molar-refractivity contribution >= 4 is 5.78 Å². The fourth-order valence-electron chi connectivity index (χ4n) is 1.73. The summed E-state index contributed by atoms with van der Waals surface area (Å²) in [5.74, 6) is 0.127. The Morgan fingerprint density at radius 2 is 2.33 bits per heavy atom. The molecule has 0 saturated carbocycles. The number of ketones is 1. The fraction of sp³-hybridized carbons (Fsp3) is 0.583. The van der Waals surface area contributed by atoms with Crippen LogP contribution in [-0.2, 0) is 14.3 Å². The molecule has 0 heterocycles. The van der Waals surface area contributed by atoms with Crippen LogP contribution in [0.2, 0.25) is 0 Å². The van der Waals surface area contributed by atoms with Gasteiger partial charge in [0.1, 0.15) is 12.9 Å². The van der Waals surface area contributed by atoms with Gasteiger partial charge in [-0.3, -0.25) is 4.79 Å². The normalized spacial score (nSPS) is 26.3. The van der Waals surface area contributed by atoms with E-state index in [2.05, 4.69) is 6.58 Å². The maximum absolute atomic E-state index is 11.9. The van der Waals surface area contributed by atoms with Crippen molar-refractivity contribution in [3.63, 3.8) is 0 Å². The first-order valence-corrected chi connectivity index (χ1v) is 5.04. The number of methoxy groups -OCH3 is 1. The van der Waals surface area contributed by atoms with Gasteiger partial charge in [-0.15, -0.1) is 0 Å². The Hall–Kier alpha value is -0.930.